The van der Waals surface area contributed by atoms with Crippen molar-refractivity contribution in [2.45, 2.75) is 82.2 Å². The first kappa shape index (κ1) is 26.5. The average Bonchev–Trinajstić information content (AvgIpc) is 3.33. The van der Waals surface area contributed by atoms with E-state index in [-0.39, 0.29) is 17.2 Å². The topological polar surface area (TPSA) is 88.2 Å². The molecule has 2 N–H and O–H groups in total. The van der Waals surface area contributed by atoms with Gasteiger partial charge in [0.2, 0.25) is 15.9 Å². The Kier molecular flexibility index (Phi) is 8.27. The van der Waals surface area contributed by atoms with Crippen molar-refractivity contribution in [2.75, 3.05) is 0 Å². The molecule has 6 nitrogen and oxygen atoms in total. The Morgan fingerprint density at radius 1 is 1.03 bits per heavy atom. The summed E-state index contributed by atoms with van der Waals surface area (Å²) in [4.78, 5) is 18.3. The van der Waals surface area contributed by atoms with Gasteiger partial charge in [-0.3, -0.25) is 4.79 Å². The largest absolute Gasteiger partial charge is 0.352 e. The van der Waals surface area contributed by atoms with Gasteiger partial charge in [0, 0.05) is 29.8 Å². The highest BCUT2D eigenvalue weighted by Gasteiger charge is 2.27. The Morgan fingerprint density at radius 2 is 1.75 bits per heavy atom. The molecular weight excluding hydrogens is 490 g/mol. The fourth-order valence-electron chi connectivity index (χ4n) is 4.56. The standard InChI is InChI=1S/C28H35N3O3S2/c1-28(2,3)31-36(33,34)25-16-21(17-26(32)29-18-20-10-6-4-7-11-20)14-15-23(25)24-19-30-27(35-24)22-12-8-5-9-13-22/h4,6-7,10-11,14-16,19,22,31H,5,8-9,12-13,17-18H2,1-3H3,(H,29,32). The number of hydrogen-bond donors (Lipinski definition) is 2. The zero-order valence-corrected chi connectivity index (χ0v) is 22.8. The summed E-state index contributed by atoms with van der Waals surface area (Å²) in [5.41, 5.74) is 1.65. The van der Waals surface area contributed by atoms with Gasteiger partial charge < -0.3 is 5.32 Å². The number of hydrogen-bond acceptors (Lipinski definition) is 5. The number of carbonyl (C=O) groups excluding carboxylic acids is 1. The molecule has 4 rings (SSSR count). The van der Waals surface area contributed by atoms with E-state index >= 15 is 0 Å². The van der Waals surface area contributed by atoms with Gasteiger partial charge in [-0.1, -0.05) is 61.7 Å². The number of benzene rings is 2. The normalized spacial score (nSPS) is 15.1. The molecule has 1 aliphatic carbocycles. The van der Waals surface area contributed by atoms with Crippen LogP contribution < -0.4 is 10.0 Å². The van der Waals surface area contributed by atoms with E-state index in [0.29, 0.717) is 23.6 Å². The number of nitrogens with one attached hydrogen (secondary N) is 2. The summed E-state index contributed by atoms with van der Waals surface area (Å²) in [5.74, 6) is 0.300. The maximum absolute atomic E-state index is 13.5. The molecule has 1 amide bonds. The van der Waals surface area contributed by atoms with E-state index in [4.69, 9.17) is 0 Å². The molecule has 1 fully saturated rings. The molecule has 0 atom stereocenters. The minimum absolute atomic E-state index is 0.0984. The van der Waals surface area contributed by atoms with Gasteiger partial charge in [-0.2, -0.15) is 0 Å². The highest BCUT2D eigenvalue weighted by Crippen LogP contribution is 2.39. The summed E-state index contributed by atoms with van der Waals surface area (Å²) in [6, 6.07) is 15.0. The van der Waals surface area contributed by atoms with Crippen LogP contribution in [-0.2, 0) is 27.8 Å². The molecule has 1 aromatic heterocycles. The van der Waals surface area contributed by atoms with Gasteiger partial charge in [0.15, 0.2) is 0 Å². The predicted octanol–water partition coefficient (Wildman–Crippen LogP) is 5.79. The first-order valence-electron chi connectivity index (χ1n) is 12.5. The molecule has 0 aliphatic heterocycles. The highest BCUT2D eigenvalue weighted by atomic mass is 32.2. The van der Waals surface area contributed by atoms with Crippen LogP contribution in [0.4, 0.5) is 0 Å². The summed E-state index contributed by atoms with van der Waals surface area (Å²) in [6.45, 7) is 5.89. The van der Waals surface area contributed by atoms with Crippen molar-refractivity contribution in [2.24, 2.45) is 0 Å². The quantitative estimate of drug-likeness (QED) is 0.389. The zero-order chi connectivity index (χ0) is 25.8. The minimum atomic E-state index is -3.83. The molecule has 3 aromatic rings. The predicted molar refractivity (Wildman–Crippen MR) is 145 cm³/mol. The molecule has 1 heterocycles. The van der Waals surface area contributed by atoms with Crippen LogP contribution in [0.3, 0.4) is 0 Å². The lowest BCUT2D eigenvalue weighted by Crippen LogP contribution is -2.40. The Morgan fingerprint density at radius 3 is 2.44 bits per heavy atom. The molecule has 0 unspecified atom stereocenters. The van der Waals surface area contributed by atoms with Crippen LogP contribution in [0.15, 0.2) is 59.6 Å². The average molecular weight is 526 g/mol. The third-order valence-electron chi connectivity index (χ3n) is 6.22. The lowest BCUT2D eigenvalue weighted by molar-refractivity contribution is -0.120. The number of thiazole rings is 1. The second kappa shape index (κ2) is 11.2. The lowest BCUT2D eigenvalue weighted by atomic mass is 9.90. The SMILES string of the molecule is CC(C)(C)NS(=O)(=O)c1cc(CC(=O)NCc2ccccc2)ccc1-c1cnc(C2CCCCC2)s1. The van der Waals surface area contributed by atoms with Crippen molar-refractivity contribution in [1.82, 2.24) is 15.0 Å². The van der Waals surface area contributed by atoms with E-state index in [0.717, 1.165) is 28.3 Å². The van der Waals surface area contributed by atoms with Gasteiger partial charge in [-0.25, -0.2) is 18.1 Å². The van der Waals surface area contributed by atoms with Crippen LogP contribution >= 0.6 is 11.3 Å². The summed E-state index contributed by atoms with van der Waals surface area (Å²) in [5, 5.41) is 4.00. The van der Waals surface area contributed by atoms with Gasteiger partial charge in [0.25, 0.3) is 0 Å². The summed E-state index contributed by atoms with van der Waals surface area (Å²) in [7, 11) is -3.83. The Balaban J connectivity index is 1.60. The maximum Gasteiger partial charge on any atom is 0.241 e. The third kappa shape index (κ3) is 7.02. The number of rotatable bonds is 8. The first-order chi connectivity index (χ1) is 17.1. The van der Waals surface area contributed by atoms with E-state index in [9.17, 15) is 13.2 Å². The van der Waals surface area contributed by atoms with Crippen LogP contribution in [-0.4, -0.2) is 24.8 Å². The van der Waals surface area contributed by atoms with Crippen LogP contribution in [0.2, 0.25) is 0 Å². The van der Waals surface area contributed by atoms with Crippen LogP contribution in [0.25, 0.3) is 10.4 Å². The molecule has 0 saturated heterocycles. The molecule has 1 saturated carbocycles. The second-order valence-electron chi connectivity index (χ2n) is 10.5. The van der Waals surface area contributed by atoms with E-state index in [2.05, 4.69) is 15.0 Å². The molecular formula is C28H35N3O3S2. The summed E-state index contributed by atoms with van der Waals surface area (Å²) < 4.78 is 29.7. The molecule has 192 valence electrons. The Bertz CT molecular complexity index is 1290. The summed E-state index contributed by atoms with van der Waals surface area (Å²) >= 11 is 1.58. The maximum atomic E-state index is 13.5. The molecule has 0 spiro atoms. The lowest BCUT2D eigenvalue weighted by Gasteiger charge is -2.22. The van der Waals surface area contributed by atoms with Gasteiger partial charge in [0.05, 0.1) is 21.2 Å². The van der Waals surface area contributed by atoms with Crippen LogP contribution in [0.5, 0.6) is 0 Å². The third-order valence-corrected chi connectivity index (χ3v) is 9.21. The van der Waals surface area contributed by atoms with E-state index in [1.54, 1.807) is 23.6 Å². The molecule has 8 heteroatoms. The summed E-state index contributed by atoms with van der Waals surface area (Å²) in [6.07, 6.45) is 7.89. The fraction of sp³-hybridized carbons (Fsp3) is 0.429. The van der Waals surface area contributed by atoms with E-state index < -0.39 is 15.6 Å². The van der Waals surface area contributed by atoms with Gasteiger partial charge >= 0.3 is 0 Å². The monoisotopic (exact) mass is 525 g/mol. The molecule has 0 radical (unpaired) electrons. The second-order valence-corrected chi connectivity index (χ2v) is 13.2. The van der Waals surface area contributed by atoms with Gasteiger partial charge in [0.1, 0.15) is 0 Å². The van der Waals surface area contributed by atoms with E-state index in [1.807, 2.05) is 63.2 Å². The number of nitrogens with zero attached hydrogens (tertiary/aromatic N) is 1. The van der Waals surface area contributed by atoms with E-state index in [1.165, 1.54) is 19.3 Å². The van der Waals surface area contributed by atoms with Crippen LogP contribution in [0.1, 0.15) is 74.9 Å². The fourth-order valence-corrected chi connectivity index (χ4v) is 7.44. The van der Waals surface area contributed by atoms with Crippen molar-refractivity contribution < 1.29 is 13.2 Å². The Labute approximate surface area is 218 Å². The number of carbonyl (C=O) groups is 1. The number of aromatic nitrogens is 1. The molecule has 2 aromatic carbocycles. The van der Waals surface area contributed by atoms with Crippen molar-refractivity contribution >= 4 is 27.3 Å². The van der Waals surface area contributed by atoms with Gasteiger partial charge in [-0.15, -0.1) is 11.3 Å². The van der Waals surface area contributed by atoms with Crippen molar-refractivity contribution in [3.05, 3.63) is 70.9 Å². The highest BCUT2D eigenvalue weighted by molar-refractivity contribution is 7.89. The van der Waals surface area contributed by atoms with Gasteiger partial charge in [-0.05, 0) is 50.8 Å². The number of sulfonamides is 1. The smallest absolute Gasteiger partial charge is 0.241 e. The minimum Gasteiger partial charge on any atom is -0.352 e. The Hall–Kier alpha value is -2.55. The van der Waals surface area contributed by atoms with Crippen LogP contribution in [0, 0.1) is 0 Å². The molecule has 1 aliphatic rings. The van der Waals surface area contributed by atoms with Crippen molar-refractivity contribution in [3.63, 3.8) is 0 Å². The zero-order valence-electron chi connectivity index (χ0n) is 21.2. The number of amides is 1. The van der Waals surface area contributed by atoms with Crippen molar-refractivity contribution in [1.29, 1.82) is 0 Å². The van der Waals surface area contributed by atoms with Crippen molar-refractivity contribution in [3.8, 4) is 10.4 Å². The molecule has 0 bridgehead atoms. The first-order valence-corrected chi connectivity index (χ1v) is 14.8. The molecule has 36 heavy (non-hydrogen) atoms.